The zero-order valence-corrected chi connectivity index (χ0v) is 18.0. The number of rotatable bonds is 4. The Hall–Kier alpha value is -2.39. The van der Waals surface area contributed by atoms with E-state index in [0.29, 0.717) is 32.5 Å². The summed E-state index contributed by atoms with van der Waals surface area (Å²) in [5.41, 5.74) is -0.246. The SMILES string of the molecule is CC(C)(C)OC(=O)N1CCC(O)(CN2CCN(c3ccc([N+](=O)[O-])cc3)CC2)CC1. The Labute approximate surface area is 177 Å². The first-order chi connectivity index (χ1) is 14.0. The number of nitrogens with zero attached hydrogens (tertiary/aromatic N) is 4. The Kier molecular flexibility index (Phi) is 6.52. The zero-order chi connectivity index (χ0) is 21.9. The van der Waals surface area contributed by atoms with Crippen LogP contribution in [-0.4, -0.2) is 82.9 Å². The van der Waals surface area contributed by atoms with Gasteiger partial charge >= 0.3 is 6.09 Å². The Morgan fingerprint density at radius 1 is 1.10 bits per heavy atom. The van der Waals surface area contributed by atoms with E-state index in [4.69, 9.17) is 4.74 Å². The number of likely N-dealkylation sites (tertiary alicyclic amines) is 1. The normalized spacial score (nSPS) is 20.1. The molecule has 0 aromatic heterocycles. The van der Waals surface area contributed by atoms with Crippen LogP contribution < -0.4 is 4.90 Å². The van der Waals surface area contributed by atoms with Crippen LogP contribution in [0, 0.1) is 10.1 Å². The third kappa shape index (κ3) is 5.82. The van der Waals surface area contributed by atoms with Gasteiger partial charge in [-0.25, -0.2) is 4.79 Å². The lowest BCUT2D eigenvalue weighted by molar-refractivity contribution is -0.384. The number of hydrogen-bond acceptors (Lipinski definition) is 7. The fourth-order valence-electron chi connectivity index (χ4n) is 3.96. The first-order valence-corrected chi connectivity index (χ1v) is 10.5. The molecule has 0 bridgehead atoms. The molecule has 3 rings (SSSR count). The lowest BCUT2D eigenvalue weighted by Crippen LogP contribution is -2.56. The highest BCUT2D eigenvalue weighted by Crippen LogP contribution is 2.26. The highest BCUT2D eigenvalue weighted by atomic mass is 16.6. The predicted octanol–water partition coefficient (Wildman–Crippen LogP) is 2.48. The van der Waals surface area contributed by atoms with Crippen molar-refractivity contribution in [2.24, 2.45) is 0 Å². The Morgan fingerprint density at radius 2 is 1.67 bits per heavy atom. The van der Waals surface area contributed by atoms with Crippen LogP contribution >= 0.6 is 0 Å². The van der Waals surface area contributed by atoms with E-state index in [1.807, 2.05) is 20.8 Å². The van der Waals surface area contributed by atoms with Crippen LogP contribution in [0.25, 0.3) is 0 Å². The molecule has 9 nitrogen and oxygen atoms in total. The molecule has 30 heavy (non-hydrogen) atoms. The molecule has 9 heteroatoms. The summed E-state index contributed by atoms with van der Waals surface area (Å²) in [6, 6.07) is 6.63. The van der Waals surface area contributed by atoms with Gasteiger partial charge in [0, 0.05) is 63.6 Å². The molecule has 2 heterocycles. The number of aliphatic hydroxyl groups is 1. The van der Waals surface area contributed by atoms with Crippen molar-refractivity contribution in [3.63, 3.8) is 0 Å². The maximum absolute atomic E-state index is 12.2. The smallest absolute Gasteiger partial charge is 0.410 e. The number of anilines is 1. The van der Waals surface area contributed by atoms with Gasteiger partial charge in [-0.15, -0.1) is 0 Å². The van der Waals surface area contributed by atoms with Gasteiger partial charge in [0.1, 0.15) is 5.60 Å². The molecular formula is C21H32N4O5. The number of hydrogen-bond donors (Lipinski definition) is 1. The van der Waals surface area contributed by atoms with E-state index in [2.05, 4.69) is 9.80 Å². The molecule has 0 unspecified atom stereocenters. The van der Waals surface area contributed by atoms with E-state index < -0.39 is 16.1 Å². The van der Waals surface area contributed by atoms with Crippen LogP contribution in [0.4, 0.5) is 16.2 Å². The summed E-state index contributed by atoms with van der Waals surface area (Å²) in [6.07, 6.45) is 0.755. The molecule has 1 N–H and O–H groups in total. The molecule has 1 aromatic carbocycles. The first kappa shape index (κ1) is 22.3. The lowest BCUT2D eigenvalue weighted by atomic mass is 9.90. The molecule has 0 saturated carbocycles. The minimum Gasteiger partial charge on any atom is -0.444 e. The summed E-state index contributed by atoms with van der Waals surface area (Å²) in [7, 11) is 0. The van der Waals surface area contributed by atoms with Gasteiger partial charge in [-0.1, -0.05) is 0 Å². The van der Waals surface area contributed by atoms with Gasteiger partial charge in [-0.2, -0.15) is 0 Å². The van der Waals surface area contributed by atoms with Gasteiger partial charge in [0.05, 0.1) is 10.5 Å². The fraction of sp³-hybridized carbons (Fsp3) is 0.667. The number of ether oxygens (including phenoxy) is 1. The number of carbonyl (C=O) groups excluding carboxylic acids is 1. The minimum absolute atomic E-state index is 0.0948. The topological polar surface area (TPSA) is 99.4 Å². The van der Waals surface area contributed by atoms with Crippen molar-refractivity contribution in [1.82, 2.24) is 9.80 Å². The molecule has 1 aromatic rings. The van der Waals surface area contributed by atoms with E-state index in [9.17, 15) is 20.0 Å². The van der Waals surface area contributed by atoms with Gasteiger partial charge in [0.15, 0.2) is 0 Å². The summed E-state index contributed by atoms with van der Waals surface area (Å²) in [4.78, 5) is 28.8. The quantitative estimate of drug-likeness (QED) is 0.590. The zero-order valence-electron chi connectivity index (χ0n) is 18.0. The number of non-ortho nitro benzene ring substituents is 1. The molecule has 2 saturated heterocycles. The molecule has 2 aliphatic heterocycles. The van der Waals surface area contributed by atoms with E-state index >= 15 is 0 Å². The van der Waals surface area contributed by atoms with Gasteiger partial charge in [-0.05, 0) is 45.7 Å². The van der Waals surface area contributed by atoms with Gasteiger partial charge in [-0.3, -0.25) is 15.0 Å². The monoisotopic (exact) mass is 420 g/mol. The fourth-order valence-corrected chi connectivity index (χ4v) is 3.96. The average Bonchev–Trinajstić information content (AvgIpc) is 2.67. The number of carbonyl (C=O) groups is 1. The maximum Gasteiger partial charge on any atom is 0.410 e. The molecule has 2 aliphatic rings. The summed E-state index contributed by atoms with van der Waals surface area (Å²) in [6.45, 7) is 10.4. The molecule has 0 radical (unpaired) electrons. The highest BCUT2D eigenvalue weighted by Gasteiger charge is 2.37. The third-order valence-electron chi connectivity index (χ3n) is 5.66. The summed E-state index contributed by atoms with van der Waals surface area (Å²) >= 11 is 0. The van der Waals surface area contributed by atoms with Gasteiger partial charge < -0.3 is 19.6 Å². The molecule has 0 spiro atoms. The number of piperazine rings is 1. The second kappa shape index (κ2) is 8.77. The lowest BCUT2D eigenvalue weighted by Gasteiger charge is -2.43. The number of amides is 1. The van der Waals surface area contributed by atoms with Crippen molar-refractivity contribution < 1.29 is 19.6 Å². The van der Waals surface area contributed by atoms with Crippen molar-refractivity contribution in [2.45, 2.75) is 44.8 Å². The summed E-state index contributed by atoms with van der Waals surface area (Å²) < 4.78 is 5.42. The van der Waals surface area contributed by atoms with Crippen molar-refractivity contribution >= 4 is 17.5 Å². The van der Waals surface area contributed by atoms with Crippen LogP contribution in [0.5, 0.6) is 0 Å². The van der Waals surface area contributed by atoms with Crippen LogP contribution in [0.3, 0.4) is 0 Å². The highest BCUT2D eigenvalue weighted by molar-refractivity contribution is 5.68. The number of nitro benzene ring substituents is 1. The number of piperidine rings is 1. The van der Waals surface area contributed by atoms with Gasteiger partial charge in [0.2, 0.25) is 0 Å². The van der Waals surface area contributed by atoms with Crippen molar-refractivity contribution in [1.29, 1.82) is 0 Å². The van der Waals surface area contributed by atoms with Crippen LogP contribution in [-0.2, 0) is 4.74 Å². The summed E-state index contributed by atoms with van der Waals surface area (Å²) in [5, 5.41) is 21.8. The summed E-state index contributed by atoms with van der Waals surface area (Å²) in [5.74, 6) is 0. The number of β-amino-alcohol motifs (C(OH)–C–C–N with tert-alkyl or cyclic N) is 1. The number of nitro groups is 1. The number of benzene rings is 1. The van der Waals surface area contributed by atoms with Crippen molar-refractivity contribution in [3.8, 4) is 0 Å². The molecule has 166 valence electrons. The Bertz CT molecular complexity index is 746. The van der Waals surface area contributed by atoms with E-state index in [1.165, 1.54) is 12.1 Å². The average molecular weight is 421 g/mol. The third-order valence-corrected chi connectivity index (χ3v) is 5.66. The second-order valence-corrected chi connectivity index (χ2v) is 9.23. The predicted molar refractivity (Wildman–Crippen MR) is 114 cm³/mol. The maximum atomic E-state index is 12.2. The molecule has 0 atom stereocenters. The molecule has 2 fully saturated rings. The Balaban J connectivity index is 1.46. The van der Waals surface area contributed by atoms with E-state index in [0.717, 1.165) is 31.9 Å². The van der Waals surface area contributed by atoms with Crippen molar-refractivity contribution in [2.75, 3.05) is 50.7 Å². The van der Waals surface area contributed by atoms with E-state index in [-0.39, 0.29) is 11.8 Å². The first-order valence-electron chi connectivity index (χ1n) is 10.5. The van der Waals surface area contributed by atoms with Gasteiger partial charge in [0.25, 0.3) is 5.69 Å². The standard InChI is InChI=1S/C21H32N4O5/c1-20(2,3)30-19(26)24-10-8-21(27,9-11-24)16-22-12-14-23(15-13-22)17-4-6-18(7-5-17)25(28)29/h4-7,27H,8-16H2,1-3H3. The van der Waals surface area contributed by atoms with Crippen LogP contribution in [0.2, 0.25) is 0 Å². The molecular weight excluding hydrogens is 388 g/mol. The largest absolute Gasteiger partial charge is 0.444 e. The molecule has 0 aliphatic carbocycles. The van der Waals surface area contributed by atoms with E-state index in [1.54, 1.807) is 17.0 Å². The van der Waals surface area contributed by atoms with Crippen LogP contribution in [0.1, 0.15) is 33.6 Å². The molecule has 1 amide bonds. The van der Waals surface area contributed by atoms with Crippen LogP contribution in [0.15, 0.2) is 24.3 Å². The minimum atomic E-state index is -0.798. The Morgan fingerprint density at radius 3 is 2.17 bits per heavy atom. The van der Waals surface area contributed by atoms with Crippen molar-refractivity contribution in [3.05, 3.63) is 34.4 Å². The second-order valence-electron chi connectivity index (χ2n) is 9.23.